The highest BCUT2D eigenvalue weighted by atomic mass is 15.5. The van der Waals surface area contributed by atoms with Gasteiger partial charge in [-0.2, -0.15) is 5.26 Å². The van der Waals surface area contributed by atoms with Crippen LogP contribution < -0.4 is 4.90 Å². The lowest BCUT2D eigenvalue weighted by atomic mass is 10.2. The van der Waals surface area contributed by atoms with Gasteiger partial charge in [0.15, 0.2) is 5.82 Å². The molecule has 21 heavy (non-hydrogen) atoms. The van der Waals surface area contributed by atoms with Gasteiger partial charge in [0.2, 0.25) is 5.69 Å². The lowest BCUT2D eigenvalue weighted by Crippen LogP contribution is -2.25. The maximum absolute atomic E-state index is 9.34. The number of aromatic nitrogens is 3. The second-order valence-electron chi connectivity index (χ2n) is 5.51. The minimum atomic E-state index is 0.415. The van der Waals surface area contributed by atoms with E-state index in [1.54, 1.807) is 4.80 Å². The molecular formula is C16H19N5. The Hall–Kier alpha value is -2.35. The first kappa shape index (κ1) is 13.6. The van der Waals surface area contributed by atoms with Crippen LogP contribution in [0.1, 0.15) is 36.9 Å². The molecule has 0 amide bonds. The molecule has 1 aliphatic rings. The van der Waals surface area contributed by atoms with E-state index >= 15 is 0 Å². The van der Waals surface area contributed by atoms with Crippen LogP contribution in [0, 0.1) is 18.3 Å². The van der Waals surface area contributed by atoms with E-state index in [-0.39, 0.29) is 0 Å². The van der Waals surface area contributed by atoms with Crippen LogP contribution >= 0.6 is 0 Å². The third kappa shape index (κ3) is 2.89. The third-order valence-electron chi connectivity index (χ3n) is 3.84. The average Bonchev–Trinajstić information content (AvgIpc) is 2.74. The van der Waals surface area contributed by atoms with Crippen molar-refractivity contribution in [1.29, 1.82) is 5.26 Å². The van der Waals surface area contributed by atoms with Crippen LogP contribution in [-0.4, -0.2) is 28.1 Å². The van der Waals surface area contributed by atoms with Crippen LogP contribution in [0.2, 0.25) is 0 Å². The number of rotatable bonds is 2. The second kappa shape index (κ2) is 5.96. The molecule has 0 saturated carbocycles. The van der Waals surface area contributed by atoms with Gasteiger partial charge >= 0.3 is 0 Å². The fraction of sp³-hybridized carbons (Fsp3) is 0.438. The van der Waals surface area contributed by atoms with Gasteiger partial charge in [-0.05, 0) is 37.5 Å². The van der Waals surface area contributed by atoms with Gasteiger partial charge in [-0.3, -0.25) is 0 Å². The van der Waals surface area contributed by atoms with Gasteiger partial charge in [0, 0.05) is 13.1 Å². The topological polar surface area (TPSA) is 57.7 Å². The summed E-state index contributed by atoms with van der Waals surface area (Å²) in [6, 6.07) is 10.2. The van der Waals surface area contributed by atoms with Gasteiger partial charge in [0.25, 0.3) is 0 Å². The highest BCUT2D eigenvalue weighted by molar-refractivity contribution is 5.50. The Morgan fingerprint density at radius 1 is 1.10 bits per heavy atom. The zero-order chi connectivity index (χ0) is 14.7. The van der Waals surface area contributed by atoms with Crippen molar-refractivity contribution in [2.75, 3.05) is 18.0 Å². The quantitative estimate of drug-likeness (QED) is 0.849. The maximum Gasteiger partial charge on any atom is 0.207 e. The highest BCUT2D eigenvalue weighted by Crippen LogP contribution is 2.21. The third-order valence-corrected chi connectivity index (χ3v) is 3.84. The first-order chi connectivity index (χ1) is 10.3. The van der Waals surface area contributed by atoms with Gasteiger partial charge in [-0.15, -0.1) is 15.0 Å². The van der Waals surface area contributed by atoms with Gasteiger partial charge in [-0.1, -0.05) is 25.0 Å². The number of aryl methyl sites for hydroxylation is 1. The molecule has 2 heterocycles. The van der Waals surface area contributed by atoms with Crippen LogP contribution in [0.15, 0.2) is 24.3 Å². The highest BCUT2D eigenvalue weighted by Gasteiger charge is 2.19. The molecule has 1 aliphatic heterocycles. The van der Waals surface area contributed by atoms with Crippen molar-refractivity contribution in [3.8, 4) is 11.8 Å². The lowest BCUT2D eigenvalue weighted by Gasteiger charge is -2.18. The predicted molar refractivity (Wildman–Crippen MR) is 81.5 cm³/mol. The minimum absolute atomic E-state index is 0.415. The smallest absolute Gasteiger partial charge is 0.207 e. The van der Waals surface area contributed by atoms with Crippen LogP contribution in [0.5, 0.6) is 0 Å². The van der Waals surface area contributed by atoms with Crippen molar-refractivity contribution >= 4 is 5.82 Å². The summed E-state index contributed by atoms with van der Waals surface area (Å²) < 4.78 is 0. The van der Waals surface area contributed by atoms with Crippen molar-refractivity contribution in [3.05, 3.63) is 35.5 Å². The summed E-state index contributed by atoms with van der Waals surface area (Å²) >= 11 is 0. The molecule has 2 aromatic rings. The Balaban J connectivity index is 1.96. The molecule has 0 bridgehead atoms. The molecule has 0 radical (unpaired) electrons. The number of nitriles is 1. The lowest BCUT2D eigenvalue weighted by molar-refractivity contribution is 0.726. The molecule has 1 fully saturated rings. The van der Waals surface area contributed by atoms with E-state index < -0.39 is 0 Å². The average molecular weight is 281 g/mol. The SMILES string of the molecule is Cc1cccc(-n2nc(C#N)c(N3CCCCCC3)n2)c1. The van der Waals surface area contributed by atoms with E-state index in [9.17, 15) is 5.26 Å². The van der Waals surface area contributed by atoms with Crippen LogP contribution in [0.25, 0.3) is 5.69 Å². The molecule has 0 atom stereocenters. The van der Waals surface area contributed by atoms with E-state index in [0.29, 0.717) is 5.69 Å². The zero-order valence-corrected chi connectivity index (χ0v) is 12.3. The van der Waals surface area contributed by atoms with Crippen LogP contribution in [-0.2, 0) is 0 Å². The van der Waals surface area contributed by atoms with Gasteiger partial charge in [0.05, 0.1) is 5.69 Å². The molecule has 5 heteroatoms. The van der Waals surface area contributed by atoms with Crippen molar-refractivity contribution in [1.82, 2.24) is 15.0 Å². The zero-order valence-electron chi connectivity index (χ0n) is 12.3. The molecule has 0 unspecified atom stereocenters. The Morgan fingerprint density at radius 2 is 1.86 bits per heavy atom. The summed E-state index contributed by atoms with van der Waals surface area (Å²) in [5, 5.41) is 18.3. The molecule has 0 spiro atoms. The molecule has 0 aliphatic carbocycles. The summed E-state index contributed by atoms with van der Waals surface area (Å²) in [6.07, 6.45) is 4.82. The Labute approximate surface area is 124 Å². The van der Waals surface area contributed by atoms with Crippen molar-refractivity contribution in [3.63, 3.8) is 0 Å². The molecule has 3 rings (SSSR count). The Bertz CT molecular complexity index is 660. The molecular weight excluding hydrogens is 262 g/mol. The first-order valence-electron chi connectivity index (χ1n) is 7.47. The van der Waals surface area contributed by atoms with E-state index in [4.69, 9.17) is 0 Å². The van der Waals surface area contributed by atoms with E-state index in [0.717, 1.165) is 43.0 Å². The van der Waals surface area contributed by atoms with E-state index in [1.165, 1.54) is 12.8 Å². The van der Waals surface area contributed by atoms with Crippen LogP contribution in [0.4, 0.5) is 5.82 Å². The number of nitrogens with zero attached hydrogens (tertiary/aromatic N) is 5. The maximum atomic E-state index is 9.34. The fourth-order valence-electron chi connectivity index (χ4n) is 2.73. The Morgan fingerprint density at radius 3 is 2.52 bits per heavy atom. The number of hydrogen-bond acceptors (Lipinski definition) is 4. The van der Waals surface area contributed by atoms with Gasteiger partial charge < -0.3 is 4.90 Å². The van der Waals surface area contributed by atoms with Gasteiger partial charge in [-0.25, -0.2) is 0 Å². The van der Waals surface area contributed by atoms with Crippen molar-refractivity contribution in [2.24, 2.45) is 0 Å². The fourth-order valence-corrected chi connectivity index (χ4v) is 2.73. The monoisotopic (exact) mass is 281 g/mol. The summed E-state index contributed by atoms with van der Waals surface area (Å²) in [4.78, 5) is 3.77. The predicted octanol–water partition coefficient (Wildman–Crippen LogP) is 2.83. The molecule has 1 aromatic heterocycles. The largest absolute Gasteiger partial charge is 0.353 e. The molecule has 108 valence electrons. The Kier molecular flexibility index (Phi) is 3.87. The second-order valence-corrected chi connectivity index (χ2v) is 5.51. The molecule has 0 N–H and O–H groups in total. The summed E-state index contributed by atoms with van der Waals surface area (Å²) in [7, 11) is 0. The molecule has 1 saturated heterocycles. The van der Waals surface area contributed by atoms with Gasteiger partial charge in [0.1, 0.15) is 6.07 Å². The summed E-state index contributed by atoms with van der Waals surface area (Å²) in [5.41, 5.74) is 2.46. The number of hydrogen-bond donors (Lipinski definition) is 0. The molecule has 5 nitrogen and oxygen atoms in total. The minimum Gasteiger partial charge on any atom is -0.353 e. The van der Waals surface area contributed by atoms with Crippen molar-refractivity contribution < 1.29 is 0 Å². The number of anilines is 1. The normalized spacial score (nSPS) is 15.5. The van der Waals surface area contributed by atoms with Crippen LogP contribution in [0.3, 0.4) is 0 Å². The molecule has 1 aromatic carbocycles. The first-order valence-corrected chi connectivity index (χ1v) is 7.47. The van der Waals surface area contributed by atoms with Crippen molar-refractivity contribution in [2.45, 2.75) is 32.6 Å². The summed E-state index contributed by atoms with van der Waals surface area (Å²) in [6.45, 7) is 3.95. The number of benzene rings is 1. The van der Waals surface area contributed by atoms with E-state index in [2.05, 4.69) is 21.2 Å². The standard InChI is InChI=1S/C16H19N5/c1-13-7-6-8-14(11-13)21-18-15(12-17)16(19-21)20-9-4-2-3-5-10-20/h6-8,11H,2-5,9-10H2,1H3. The van der Waals surface area contributed by atoms with E-state index in [1.807, 2.05) is 31.2 Å². The summed E-state index contributed by atoms with van der Waals surface area (Å²) in [5.74, 6) is 0.723.